The van der Waals surface area contributed by atoms with Crippen molar-refractivity contribution in [1.82, 2.24) is 19.7 Å². The van der Waals surface area contributed by atoms with Gasteiger partial charge in [0.2, 0.25) is 0 Å². The van der Waals surface area contributed by atoms with Gasteiger partial charge in [-0.25, -0.2) is 0 Å². The summed E-state index contributed by atoms with van der Waals surface area (Å²) in [5.41, 5.74) is 3.14. The van der Waals surface area contributed by atoms with Gasteiger partial charge < -0.3 is 4.98 Å². The van der Waals surface area contributed by atoms with Crippen LogP contribution in [0.25, 0.3) is 33.4 Å². The first-order valence-corrected chi connectivity index (χ1v) is 14.4. The number of H-pyrrole nitrogens is 1. The Morgan fingerprint density at radius 2 is 1.63 bits per heavy atom. The number of nitrogens with zero attached hydrogens (tertiary/aromatic N) is 3. The number of benzene rings is 3. The van der Waals surface area contributed by atoms with Crippen molar-refractivity contribution in [2.75, 3.05) is 0 Å². The third-order valence-electron chi connectivity index (χ3n) is 6.97. The molecule has 1 saturated carbocycles. The maximum absolute atomic E-state index is 13.6. The van der Waals surface area contributed by atoms with Gasteiger partial charge in [0.25, 0.3) is 5.56 Å². The first-order chi connectivity index (χ1) is 18.5. The van der Waals surface area contributed by atoms with E-state index in [-0.39, 0.29) is 11.6 Å². The number of hydrogen-bond acceptors (Lipinski definition) is 4. The summed E-state index contributed by atoms with van der Waals surface area (Å²) in [5.74, 6) is 0.722. The van der Waals surface area contributed by atoms with E-state index in [2.05, 4.69) is 19.7 Å². The molecule has 0 spiro atoms. The minimum Gasteiger partial charge on any atom is -0.321 e. The number of hydrogen-bond donors (Lipinski definition) is 1. The van der Waals surface area contributed by atoms with Gasteiger partial charge in [0.1, 0.15) is 0 Å². The molecule has 6 rings (SSSR count). The highest BCUT2D eigenvalue weighted by Gasteiger charge is 2.26. The van der Waals surface area contributed by atoms with Crippen molar-refractivity contribution < 1.29 is 0 Å². The summed E-state index contributed by atoms with van der Waals surface area (Å²) in [4.78, 5) is 17.2. The van der Waals surface area contributed by atoms with Gasteiger partial charge in [-0.2, -0.15) is 0 Å². The number of aromatic nitrogens is 4. The zero-order valence-corrected chi connectivity index (χ0v) is 23.3. The Balaban J connectivity index is 1.55. The molecule has 1 N–H and O–H groups in total. The van der Waals surface area contributed by atoms with E-state index < -0.39 is 0 Å². The lowest BCUT2D eigenvalue weighted by molar-refractivity contribution is 0.339. The third kappa shape index (κ3) is 4.87. The molecule has 2 aromatic heterocycles. The van der Waals surface area contributed by atoms with Gasteiger partial charge in [0.05, 0.1) is 14.9 Å². The molecular formula is C29H23Cl3N4OS. The largest absolute Gasteiger partial charge is 0.321 e. The maximum Gasteiger partial charge on any atom is 0.263 e. The maximum atomic E-state index is 13.6. The van der Waals surface area contributed by atoms with E-state index in [0.29, 0.717) is 25.1 Å². The molecule has 1 aliphatic carbocycles. The summed E-state index contributed by atoms with van der Waals surface area (Å²) in [7, 11) is 0. The Bertz CT molecular complexity index is 1690. The van der Waals surface area contributed by atoms with Gasteiger partial charge in [0, 0.05) is 33.1 Å². The van der Waals surface area contributed by atoms with Gasteiger partial charge in [0.15, 0.2) is 11.0 Å². The van der Waals surface area contributed by atoms with Gasteiger partial charge >= 0.3 is 0 Å². The van der Waals surface area contributed by atoms with E-state index in [1.807, 2.05) is 54.6 Å². The van der Waals surface area contributed by atoms with Crippen molar-refractivity contribution in [3.63, 3.8) is 0 Å². The highest BCUT2D eigenvalue weighted by molar-refractivity contribution is 7.99. The van der Waals surface area contributed by atoms with Crippen LogP contribution in [0.3, 0.4) is 0 Å². The quantitative estimate of drug-likeness (QED) is 0.225. The Labute approximate surface area is 239 Å². The number of aromatic amines is 1. The highest BCUT2D eigenvalue weighted by Crippen LogP contribution is 2.42. The fourth-order valence-corrected chi connectivity index (χ4v) is 6.72. The van der Waals surface area contributed by atoms with Crippen LogP contribution in [0.2, 0.25) is 15.1 Å². The van der Waals surface area contributed by atoms with Crippen LogP contribution in [0.15, 0.2) is 81.6 Å². The summed E-state index contributed by atoms with van der Waals surface area (Å²) >= 11 is 20.3. The predicted molar refractivity (Wildman–Crippen MR) is 157 cm³/mol. The number of pyridine rings is 1. The van der Waals surface area contributed by atoms with Crippen LogP contribution in [0.1, 0.15) is 38.1 Å². The van der Waals surface area contributed by atoms with Crippen LogP contribution in [0, 0.1) is 0 Å². The van der Waals surface area contributed by atoms with E-state index >= 15 is 0 Å². The molecule has 0 aliphatic heterocycles. The van der Waals surface area contributed by atoms with Gasteiger partial charge in [-0.15, -0.1) is 10.2 Å². The summed E-state index contributed by atoms with van der Waals surface area (Å²) in [6.07, 6.45) is 5.53. The minimum atomic E-state index is -0.182. The van der Waals surface area contributed by atoms with E-state index in [9.17, 15) is 4.79 Å². The van der Waals surface area contributed by atoms with E-state index in [1.165, 1.54) is 18.2 Å². The molecule has 0 radical (unpaired) electrons. The van der Waals surface area contributed by atoms with Gasteiger partial charge in [-0.3, -0.25) is 9.36 Å². The average Bonchev–Trinajstić information content (AvgIpc) is 3.35. The van der Waals surface area contributed by atoms with E-state index in [0.717, 1.165) is 59.1 Å². The predicted octanol–water partition coefficient (Wildman–Crippen LogP) is 9.07. The standard InChI is InChI=1S/C29H23Cl3N4OS/c30-19-12-14-24-21(16-19)25(17-7-3-1-4-8-17)26(28(37)33-24)38-29-35-34-27(18-11-13-22(31)23(32)15-18)36(29)20-9-5-2-6-10-20/h1,3-4,7-8,11-16,20H,2,5-6,9-10H2,(H,33,37). The van der Waals surface area contributed by atoms with Crippen LogP contribution >= 0.6 is 46.6 Å². The fourth-order valence-electron chi connectivity index (χ4n) is 5.17. The first kappa shape index (κ1) is 25.5. The SMILES string of the molecule is O=c1[nH]c2ccc(Cl)cc2c(-c2ccccc2)c1Sc1nnc(-c2ccc(Cl)c(Cl)c2)n1C1CCCCC1. The van der Waals surface area contributed by atoms with Crippen LogP contribution in [0.4, 0.5) is 0 Å². The fraction of sp³-hybridized carbons (Fsp3) is 0.207. The molecule has 38 heavy (non-hydrogen) atoms. The molecule has 0 bridgehead atoms. The van der Waals surface area contributed by atoms with Crippen LogP contribution in [0.5, 0.6) is 0 Å². The van der Waals surface area contributed by atoms with Crippen LogP contribution < -0.4 is 5.56 Å². The van der Waals surface area contributed by atoms with Gasteiger partial charge in [-0.1, -0.05) is 84.4 Å². The van der Waals surface area contributed by atoms with Crippen molar-refractivity contribution in [3.8, 4) is 22.5 Å². The second-order valence-electron chi connectivity index (χ2n) is 9.41. The van der Waals surface area contributed by atoms with Crippen molar-refractivity contribution >= 4 is 57.5 Å². The molecule has 192 valence electrons. The topological polar surface area (TPSA) is 63.6 Å². The zero-order valence-electron chi connectivity index (χ0n) is 20.3. The lowest BCUT2D eigenvalue weighted by atomic mass is 9.95. The van der Waals surface area contributed by atoms with Gasteiger partial charge in [-0.05, 0) is 66.6 Å². The molecule has 2 heterocycles. The summed E-state index contributed by atoms with van der Waals surface area (Å²) in [5, 5.41) is 12.3. The van der Waals surface area contributed by atoms with Crippen molar-refractivity contribution in [2.45, 2.75) is 48.2 Å². The third-order valence-corrected chi connectivity index (χ3v) is 9.00. The Kier molecular flexibility index (Phi) is 7.23. The monoisotopic (exact) mass is 580 g/mol. The molecule has 0 amide bonds. The molecule has 1 aliphatic rings. The normalized spacial score (nSPS) is 14.3. The smallest absolute Gasteiger partial charge is 0.263 e. The second-order valence-corrected chi connectivity index (χ2v) is 11.6. The molecule has 5 aromatic rings. The Morgan fingerprint density at radius 1 is 0.842 bits per heavy atom. The number of halogens is 3. The lowest BCUT2D eigenvalue weighted by Gasteiger charge is -2.26. The summed E-state index contributed by atoms with van der Waals surface area (Å²) in [6, 6.07) is 21.2. The first-order valence-electron chi connectivity index (χ1n) is 12.5. The van der Waals surface area contributed by atoms with E-state index in [4.69, 9.17) is 34.8 Å². The Morgan fingerprint density at radius 3 is 2.39 bits per heavy atom. The number of nitrogens with one attached hydrogen (secondary N) is 1. The van der Waals surface area contributed by atoms with Crippen LogP contribution in [-0.2, 0) is 0 Å². The van der Waals surface area contributed by atoms with Crippen molar-refractivity contribution in [1.29, 1.82) is 0 Å². The molecule has 5 nitrogen and oxygen atoms in total. The molecule has 1 fully saturated rings. The van der Waals surface area contributed by atoms with Crippen molar-refractivity contribution in [2.24, 2.45) is 0 Å². The molecule has 0 saturated heterocycles. The summed E-state index contributed by atoms with van der Waals surface area (Å²) < 4.78 is 2.18. The Hall–Kier alpha value is -2.77. The second kappa shape index (κ2) is 10.8. The highest BCUT2D eigenvalue weighted by atomic mass is 35.5. The molecule has 0 unspecified atom stereocenters. The zero-order chi connectivity index (χ0) is 26.2. The molecule has 3 aromatic carbocycles. The number of fused-ring (bicyclic) bond motifs is 1. The minimum absolute atomic E-state index is 0.182. The molecule has 0 atom stereocenters. The van der Waals surface area contributed by atoms with E-state index in [1.54, 1.807) is 12.1 Å². The molecular weight excluding hydrogens is 559 g/mol. The summed E-state index contributed by atoms with van der Waals surface area (Å²) in [6.45, 7) is 0. The molecule has 9 heteroatoms. The van der Waals surface area contributed by atoms with Crippen molar-refractivity contribution in [3.05, 3.63) is 92.2 Å². The average molecular weight is 582 g/mol. The number of rotatable bonds is 5. The lowest BCUT2D eigenvalue weighted by Crippen LogP contribution is -2.16. The van der Waals surface area contributed by atoms with Crippen LogP contribution in [-0.4, -0.2) is 19.7 Å².